The number of rotatable bonds is 6. The first-order chi connectivity index (χ1) is 15.7. The van der Waals surface area contributed by atoms with Crippen molar-refractivity contribution >= 4 is 17.4 Å². The van der Waals surface area contributed by atoms with Gasteiger partial charge < -0.3 is 18.9 Å². The summed E-state index contributed by atoms with van der Waals surface area (Å²) in [4.78, 5) is 3.55. The van der Waals surface area contributed by atoms with E-state index in [1.54, 1.807) is 14.2 Å². The molecule has 0 unspecified atom stereocenters. The van der Waals surface area contributed by atoms with Crippen LogP contribution in [0.4, 0.5) is 5.69 Å². The van der Waals surface area contributed by atoms with E-state index in [0.29, 0.717) is 0 Å². The summed E-state index contributed by atoms with van der Waals surface area (Å²) in [6.45, 7) is 0.774. The predicted octanol–water partition coefficient (Wildman–Crippen LogP) is 6.33. The molecule has 1 atom stereocenters. The van der Waals surface area contributed by atoms with Crippen LogP contribution in [0.1, 0.15) is 22.2 Å². The van der Waals surface area contributed by atoms with E-state index in [1.807, 2.05) is 23.9 Å². The fraction of sp³-hybridized carbons (Fsp3) is 0.185. The van der Waals surface area contributed by atoms with Gasteiger partial charge in [-0.1, -0.05) is 42.5 Å². The summed E-state index contributed by atoms with van der Waals surface area (Å²) in [6, 6.07) is 30.0. The zero-order chi connectivity index (χ0) is 22.1. The fourth-order valence-electron chi connectivity index (χ4n) is 4.31. The Morgan fingerprint density at radius 1 is 0.844 bits per heavy atom. The van der Waals surface area contributed by atoms with Crippen molar-refractivity contribution in [3.8, 4) is 17.2 Å². The fourth-order valence-corrected chi connectivity index (χ4v) is 5.60. The number of benzene rings is 3. The van der Waals surface area contributed by atoms with Crippen LogP contribution in [0.5, 0.6) is 11.5 Å². The molecule has 0 fully saturated rings. The van der Waals surface area contributed by atoms with E-state index in [0.717, 1.165) is 23.7 Å². The van der Waals surface area contributed by atoms with Gasteiger partial charge in [-0.25, -0.2) is 0 Å². The van der Waals surface area contributed by atoms with Gasteiger partial charge in [-0.05, 0) is 42.0 Å². The zero-order valence-corrected chi connectivity index (χ0v) is 19.3. The largest absolute Gasteiger partial charge is 0.493 e. The molecule has 0 radical (unpaired) electrons. The molecule has 32 heavy (non-hydrogen) atoms. The minimum atomic E-state index is 0.270. The first-order valence-corrected chi connectivity index (χ1v) is 11.5. The maximum atomic E-state index is 5.50. The average molecular weight is 443 g/mol. The highest BCUT2D eigenvalue weighted by Gasteiger charge is 2.28. The first-order valence-electron chi connectivity index (χ1n) is 10.6. The molecule has 5 heteroatoms. The van der Waals surface area contributed by atoms with Crippen molar-refractivity contribution in [3.63, 3.8) is 0 Å². The van der Waals surface area contributed by atoms with Crippen molar-refractivity contribution in [2.24, 2.45) is 0 Å². The summed E-state index contributed by atoms with van der Waals surface area (Å²) in [5.41, 5.74) is 6.23. The molecular weight excluding hydrogens is 416 g/mol. The second-order valence-corrected chi connectivity index (χ2v) is 9.00. The van der Waals surface area contributed by atoms with Gasteiger partial charge >= 0.3 is 0 Å². The van der Waals surface area contributed by atoms with Crippen molar-refractivity contribution in [2.45, 2.75) is 16.7 Å². The molecule has 5 rings (SSSR count). The van der Waals surface area contributed by atoms with Gasteiger partial charge in [-0.15, -0.1) is 11.8 Å². The van der Waals surface area contributed by atoms with Crippen molar-refractivity contribution < 1.29 is 9.47 Å². The summed E-state index contributed by atoms with van der Waals surface area (Å²) in [5, 5.41) is 0.270. The number of hydrogen-bond acceptors (Lipinski definition) is 4. The highest BCUT2D eigenvalue weighted by atomic mass is 32.2. The molecule has 162 valence electrons. The van der Waals surface area contributed by atoms with Crippen LogP contribution in [0.3, 0.4) is 0 Å². The Bertz CT molecular complexity index is 1240. The molecule has 0 bridgehead atoms. The van der Waals surface area contributed by atoms with Crippen LogP contribution in [0.15, 0.2) is 89.8 Å². The smallest absolute Gasteiger partial charge is 0.162 e. The third-order valence-corrected chi connectivity index (χ3v) is 7.27. The van der Waals surface area contributed by atoms with Gasteiger partial charge in [0.25, 0.3) is 0 Å². The van der Waals surface area contributed by atoms with Crippen LogP contribution >= 0.6 is 11.8 Å². The van der Waals surface area contributed by atoms with E-state index in [-0.39, 0.29) is 5.25 Å². The summed E-state index contributed by atoms with van der Waals surface area (Å²) in [6.07, 6.45) is 0. The van der Waals surface area contributed by atoms with Crippen LogP contribution in [0.2, 0.25) is 0 Å². The number of fused-ring (bicyclic) bond motifs is 3. The zero-order valence-electron chi connectivity index (χ0n) is 18.5. The molecule has 1 aromatic heterocycles. The number of hydrogen-bond donors (Lipinski definition) is 0. The normalized spacial score (nSPS) is 14.4. The lowest BCUT2D eigenvalue weighted by atomic mass is 10.1. The summed E-state index contributed by atoms with van der Waals surface area (Å²) in [7, 11) is 5.44. The van der Waals surface area contributed by atoms with E-state index >= 15 is 0 Å². The number of anilines is 1. The van der Waals surface area contributed by atoms with Gasteiger partial charge in [-0.2, -0.15) is 0 Å². The molecule has 2 heterocycles. The number of thioether (sulfide) groups is 1. The van der Waals surface area contributed by atoms with Crippen molar-refractivity contribution in [2.75, 3.05) is 26.2 Å². The molecule has 4 nitrogen and oxygen atoms in total. The van der Waals surface area contributed by atoms with E-state index in [2.05, 4.69) is 89.3 Å². The monoisotopic (exact) mass is 442 g/mol. The molecule has 0 aliphatic carbocycles. The van der Waals surface area contributed by atoms with E-state index in [1.165, 1.54) is 27.5 Å². The number of ether oxygens (including phenoxy) is 2. The summed E-state index contributed by atoms with van der Waals surface area (Å²) in [5.74, 6) is 1.47. The molecule has 4 aromatic rings. The Morgan fingerprint density at radius 2 is 1.59 bits per heavy atom. The van der Waals surface area contributed by atoms with Crippen molar-refractivity contribution in [3.05, 3.63) is 102 Å². The van der Waals surface area contributed by atoms with Gasteiger partial charge in [-0.3, -0.25) is 0 Å². The minimum Gasteiger partial charge on any atom is -0.493 e. The Morgan fingerprint density at radius 3 is 2.38 bits per heavy atom. The lowest BCUT2D eigenvalue weighted by Crippen LogP contribution is -2.21. The lowest BCUT2D eigenvalue weighted by molar-refractivity contribution is 0.355. The van der Waals surface area contributed by atoms with Crippen LogP contribution in [0, 0.1) is 0 Å². The highest BCUT2D eigenvalue weighted by molar-refractivity contribution is 8.00. The quantitative estimate of drug-likeness (QED) is 0.349. The molecule has 0 N–H and O–H groups in total. The number of methoxy groups -OCH3 is 2. The van der Waals surface area contributed by atoms with Crippen LogP contribution in [-0.4, -0.2) is 25.8 Å². The SMILES string of the molecule is COc1ccc(N(C)Cc2ccc3n2-c2ccccc2S[C@H]3c2ccccc2)cc1OC. The second-order valence-electron chi connectivity index (χ2n) is 7.86. The Balaban J connectivity index is 1.53. The van der Waals surface area contributed by atoms with Crippen molar-refractivity contribution in [1.29, 1.82) is 0 Å². The molecular formula is C27H26N2O2S. The van der Waals surface area contributed by atoms with Gasteiger partial charge in [0, 0.05) is 35.1 Å². The molecule has 0 spiro atoms. The molecule has 1 aliphatic rings. The lowest BCUT2D eigenvalue weighted by Gasteiger charge is -2.29. The topological polar surface area (TPSA) is 26.6 Å². The standard InChI is InChI=1S/C27H26N2O2S/c1-28(20-14-16-24(30-2)25(17-20)31-3)18-21-13-15-23-27(19-9-5-4-6-10-19)32-26-12-8-7-11-22(26)29(21)23/h4-17,27H,18H2,1-3H3/t27-/m0/s1. The Labute approximate surface area is 193 Å². The van der Waals surface area contributed by atoms with Gasteiger partial charge in [0.1, 0.15) is 0 Å². The third-order valence-electron chi connectivity index (χ3n) is 5.92. The maximum Gasteiger partial charge on any atom is 0.162 e. The Kier molecular flexibility index (Phi) is 5.58. The molecule has 0 saturated heterocycles. The van der Waals surface area contributed by atoms with E-state index in [4.69, 9.17) is 9.47 Å². The van der Waals surface area contributed by atoms with Gasteiger partial charge in [0.05, 0.1) is 31.7 Å². The van der Waals surface area contributed by atoms with E-state index < -0.39 is 0 Å². The molecule has 1 aliphatic heterocycles. The minimum absolute atomic E-state index is 0.270. The summed E-state index contributed by atoms with van der Waals surface area (Å²) < 4.78 is 13.3. The number of aromatic nitrogens is 1. The number of para-hydroxylation sites is 1. The van der Waals surface area contributed by atoms with Gasteiger partial charge in [0.15, 0.2) is 11.5 Å². The second kappa shape index (κ2) is 8.67. The Hall–Kier alpha value is -3.31. The highest BCUT2D eigenvalue weighted by Crippen LogP contribution is 2.48. The van der Waals surface area contributed by atoms with Crippen molar-refractivity contribution in [1.82, 2.24) is 4.57 Å². The van der Waals surface area contributed by atoms with Crippen LogP contribution < -0.4 is 14.4 Å². The summed E-state index contributed by atoms with van der Waals surface area (Å²) >= 11 is 1.93. The maximum absolute atomic E-state index is 5.50. The molecule has 0 amide bonds. The number of nitrogens with zero attached hydrogens (tertiary/aromatic N) is 2. The molecule has 3 aromatic carbocycles. The van der Waals surface area contributed by atoms with E-state index in [9.17, 15) is 0 Å². The third kappa shape index (κ3) is 3.63. The van der Waals surface area contributed by atoms with Crippen LogP contribution in [0.25, 0.3) is 5.69 Å². The average Bonchev–Trinajstić information content (AvgIpc) is 3.27. The molecule has 0 saturated carbocycles. The predicted molar refractivity (Wildman–Crippen MR) is 132 cm³/mol. The van der Waals surface area contributed by atoms with Crippen LogP contribution in [-0.2, 0) is 6.54 Å². The first kappa shape index (κ1) is 20.6. The van der Waals surface area contributed by atoms with Gasteiger partial charge in [0.2, 0.25) is 0 Å².